The summed E-state index contributed by atoms with van der Waals surface area (Å²) in [7, 11) is -2.29. The fraction of sp³-hybridized carbons (Fsp3) is 0.308. The molecule has 3 rings (SSSR count). The molecule has 0 aliphatic rings. The van der Waals surface area contributed by atoms with E-state index >= 15 is 0 Å². The lowest BCUT2D eigenvalue weighted by atomic mass is 10.3. The van der Waals surface area contributed by atoms with Crippen molar-refractivity contribution in [1.82, 2.24) is 4.57 Å². The molecule has 0 amide bonds. The lowest BCUT2D eigenvalue weighted by Crippen LogP contribution is -2.77. The van der Waals surface area contributed by atoms with Crippen molar-refractivity contribution in [2.24, 2.45) is 0 Å². The normalized spacial score (nSPS) is 11.7. The summed E-state index contributed by atoms with van der Waals surface area (Å²) in [6, 6.07) is 33.8. The van der Waals surface area contributed by atoms with E-state index < -0.39 is 8.24 Å². The molecule has 0 atom stereocenters. The molecule has 0 fully saturated rings. The molecule has 0 aromatic heterocycles. The fourth-order valence-corrected chi connectivity index (χ4v) is 9.34. The summed E-state index contributed by atoms with van der Waals surface area (Å²) in [5.74, 6) is 0. The van der Waals surface area contributed by atoms with E-state index in [1.807, 2.05) is 0 Å². The molecule has 0 aliphatic carbocycles. The first-order chi connectivity index (χ1) is 13.8. The van der Waals surface area contributed by atoms with Crippen LogP contribution in [-0.4, -0.2) is 25.9 Å². The summed E-state index contributed by atoms with van der Waals surface area (Å²) in [5, 5.41) is 4.46. The van der Waals surface area contributed by atoms with Crippen LogP contribution in [0.15, 0.2) is 91.0 Å². The zero-order valence-corrected chi connectivity index (χ0v) is 18.4. The number of nitrogens with zero attached hydrogens (tertiary/aromatic N) is 1. The highest BCUT2D eigenvalue weighted by Gasteiger charge is 2.44. The van der Waals surface area contributed by atoms with Gasteiger partial charge in [-0.1, -0.05) is 118 Å². The van der Waals surface area contributed by atoms with Crippen molar-refractivity contribution < 1.29 is 0 Å². The first-order valence-electron chi connectivity index (χ1n) is 10.8. The summed E-state index contributed by atoms with van der Waals surface area (Å²) in [5.41, 5.74) is 0. The topological polar surface area (TPSA) is 3.24 Å². The van der Waals surface area contributed by atoms with Gasteiger partial charge in [0, 0.05) is 0 Å². The Labute approximate surface area is 172 Å². The molecule has 1 nitrogen and oxygen atoms in total. The van der Waals surface area contributed by atoms with Gasteiger partial charge in [-0.25, -0.2) is 0 Å². The van der Waals surface area contributed by atoms with Crippen LogP contribution >= 0.6 is 0 Å². The van der Waals surface area contributed by atoms with Crippen molar-refractivity contribution in [3.8, 4) is 0 Å². The van der Waals surface area contributed by atoms with Gasteiger partial charge in [-0.2, -0.15) is 0 Å². The van der Waals surface area contributed by atoms with E-state index in [1.165, 1.54) is 41.2 Å². The molecule has 3 aromatic carbocycles. The smallest absolute Gasteiger partial charge is 0.224 e. The van der Waals surface area contributed by atoms with Crippen LogP contribution in [0.2, 0.25) is 0 Å². The van der Waals surface area contributed by atoms with Gasteiger partial charge < -0.3 is 4.57 Å². The second-order valence-electron chi connectivity index (χ2n) is 7.50. The van der Waals surface area contributed by atoms with Crippen LogP contribution in [0.25, 0.3) is 0 Å². The first kappa shape index (κ1) is 20.6. The predicted octanol–water partition coefficient (Wildman–Crippen LogP) is 4.56. The lowest BCUT2D eigenvalue weighted by molar-refractivity contribution is 0.411. The van der Waals surface area contributed by atoms with Gasteiger partial charge in [-0.15, -0.1) is 0 Å². The quantitative estimate of drug-likeness (QED) is 0.364. The number of hydrogen-bond acceptors (Lipinski definition) is 1. The first-order valence-corrected chi connectivity index (χ1v) is 12.7. The minimum Gasteiger partial charge on any atom is -0.313 e. The van der Waals surface area contributed by atoms with E-state index in [-0.39, 0.29) is 0 Å². The Morgan fingerprint density at radius 1 is 0.536 bits per heavy atom. The Morgan fingerprint density at radius 3 is 1.14 bits per heavy atom. The summed E-state index contributed by atoms with van der Waals surface area (Å²) < 4.78 is 2.86. The van der Waals surface area contributed by atoms with Crippen LogP contribution in [0.4, 0.5) is 0 Å². The maximum atomic E-state index is 2.86. The molecule has 0 heterocycles. The lowest BCUT2D eigenvalue weighted by Gasteiger charge is -2.44. The number of hydrogen-bond donors (Lipinski definition) is 0. The standard InChI is InChI=1S/C26H33NSi/c1-3-5-22-27(23-6-4-2)28(24-16-10-7-11-17-24,25-18-12-8-13-19-25)26-20-14-9-15-21-26/h7-21H,3-6,22-23H2,1-2H3. The molecular weight excluding hydrogens is 354 g/mol. The summed E-state index contributed by atoms with van der Waals surface area (Å²) in [6.07, 6.45) is 4.94. The van der Waals surface area contributed by atoms with E-state index in [2.05, 4.69) is 109 Å². The Balaban J connectivity index is 2.28. The highest BCUT2D eigenvalue weighted by atomic mass is 28.3. The molecule has 0 aliphatic heterocycles. The van der Waals surface area contributed by atoms with Crippen LogP contribution in [-0.2, 0) is 0 Å². The van der Waals surface area contributed by atoms with E-state index in [0.29, 0.717) is 0 Å². The van der Waals surface area contributed by atoms with Gasteiger partial charge in [0.1, 0.15) is 0 Å². The molecule has 28 heavy (non-hydrogen) atoms. The molecule has 0 radical (unpaired) electrons. The third-order valence-corrected chi connectivity index (χ3v) is 10.5. The van der Waals surface area contributed by atoms with Crippen molar-refractivity contribution in [2.45, 2.75) is 39.5 Å². The molecule has 0 N–H and O–H groups in total. The highest BCUT2D eigenvalue weighted by Crippen LogP contribution is 2.16. The predicted molar refractivity (Wildman–Crippen MR) is 125 cm³/mol. The molecular formula is C26H33NSi. The van der Waals surface area contributed by atoms with E-state index in [4.69, 9.17) is 0 Å². The zero-order chi connectivity index (χ0) is 19.7. The second kappa shape index (κ2) is 10.4. The molecule has 2 heteroatoms. The summed E-state index contributed by atoms with van der Waals surface area (Å²) >= 11 is 0. The third-order valence-electron chi connectivity index (χ3n) is 5.61. The van der Waals surface area contributed by atoms with Crippen molar-refractivity contribution in [3.05, 3.63) is 91.0 Å². The highest BCUT2D eigenvalue weighted by molar-refractivity contribution is 7.09. The minimum atomic E-state index is -2.29. The molecule has 0 bridgehead atoms. The largest absolute Gasteiger partial charge is 0.313 e. The maximum Gasteiger partial charge on any atom is 0.224 e. The summed E-state index contributed by atoms with van der Waals surface area (Å²) in [6.45, 7) is 6.91. The minimum absolute atomic E-state index is 1.15. The van der Waals surface area contributed by atoms with Crippen LogP contribution in [0, 0.1) is 0 Å². The summed E-state index contributed by atoms with van der Waals surface area (Å²) in [4.78, 5) is 0. The molecule has 0 unspecified atom stereocenters. The maximum absolute atomic E-state index is 2.86. The molecule has 0 saturated carbocycles. The van der Waals surface area contributed by atoms with Crippen molar-refractivity contribution in [2.75, 3.05) is 13.1 Å². The Kier molecular flexibility index (Phi) is 7.64. The average molecular weight is 388 g/mol. The number of rotatable bonds is 10. The molecule has 146 valence electrons. The Hall–Kier alpha value is -2.16. The SMILES string of the molecule is CCCCN(CCCC)[Si](c1ccccc1)(c1ccccc1)c1ccccc1. The van der Waals surface area contributed by atoms with Crippen LogP contribution < -0.4 is 15.6 Å². The van der Waals surface area contributed by atoms with Gasteiger partial charge >= 0.3 is 0 Å². The second-order valence-corrected chi connectivity index (χ2v) is 11.3. The monoisotopic (exact) mass is 387 g/mol. The van der Waals surface area contributed by atoms with Gasteiger partial charge in [0.05, 0.1) is 0 Å². The van der Waals surface area contributed by atoms with Crippen molar-refractivity contribution in [1.29, 1.82) is 0 Å². The zero-order valence-electron chi connectivity index (χ0n) is 17.4. The number of benzene rings is 3. The van der Waals surface area contributed by atoms with E-state index in [9.17, 15) is 0 Å². The Morgan fingerprint density at radius 2 is 0.857 bits per heavy atom. The van der Waals surface area contributed by atoms with Crippen LogP contribution in [0.5, 0.6) is 0 Å². The molecule has 3 aromatic rings. The molecule has 0 spiro atoms. The van der Waals surface area contributed by atoms with Gasteiger partial charge in [0.15, 0.2) is 0 Å². The van der Waals surface area contributed by atoms with Crippen LogP contribution in [0.1, 0.15) is 39.5 Å². The van der Waals surface area contributed by atoms with Crippen molar-refractivity contribution in [3.63, 3.8) is 0 Å². The molecule has 0 saturated heterocycles. The van der Waals surface area contributed by atoms with Crippen LogP contribution in [0.3, 0.4) is 0 Å². The van der Waals surface area contributed by atoms with Crippen molar-refractivity contribution >= 4 is 23.8 Å². The van der Waals surface area contributed by atoms with E-state index in [0.717, 1.165) is 13.1 Å². The van der Waals surface area contributed by atoms with Gasteiger partial charge in [0.2, 0.25) is 8.24 Å². The van der Waals surface area contributed by atoms with E-state index in [1.54, 1.807) is 0 Å². The average Bonchev–Trinajstić information content (AvgIpc) is 2.78. The third kappa shape index (κ3) is 4.29. The van der Waals surface area contributed by atoms with Gasteiger partial charge in [-0.05, 0) is 41.5 Å². The van der Waals surface area contributed by atoms with Gasteiger partial charge in [-0.3, -0.25) is 0 Å². The fourth-order valence-electron chi connectivity index (χ4n) is 4.23. The Bertz CT molecular complexity index is 697. The van der Waals surface area contributed by atoms with Gasteiger partial charge in [0.25, 0.3) is 0 Å². The number of unbranched alkanes of at least 4 members (excludes halogenated alkanes) is 2.